The Morgan fingerprint density at radius 1 is 1.18 bits per heavy atom. The van der Waals surface area contributed by atoms with Crippen LogP contribution < -0.4 is 4.74 Å². The Morgan fingerprint density at radius 2 is 1.94 bits per heavy atom. The van der Waals surface area contributed by atoms with Crippen molar-refractivity contribution in [2.24, 2.45) is 5.92 Å². The molecule has 6 nitrogen and oxygen atoms in total. The van der Waals surface area contributed by atoms with Crippen molar-refractivity contribution in [2.45, 2.75) is 33.4 Å². The van der Waals surface area contributed by atoms with Gasteiger partial charge in [0.25, 0.3) is 11.7 Å². The number of carbonyl (C=O) groups is 2. The maximum absolute atomic E-state index is 13.1. The number of aromatic nitrogens is 1. The molecule has 1 fully saturated rings. The Balaban J connectivity index is 1.75. The van der Waals surface area contributed by atoms with Crippen molar-refractivity contribution in [1.82, 2.24) is 9.88 Å². The van der Waals surface area contributed by atoms with Crippen molar-refractivity contribution in [3.63, 3.8) is 0 Å². The fourth-order valence-electron chi connectivity index (χ4n) is 3.84. The largest absolute Gasteiger partial charge is 0.507 e. The second-order valence-electron chi connectivity index (χ2n) is 8.48. The van der Waals surface area contributed by atoms with Crippen molar-refractivity contribution < 1.29 is 19.4 Å². The molecule has 1 atom stereocenters. The van der Waals surface area contributed by atoms with E-state index in [4.69, 9.17) is 4.74 Å². The van der Waals surface area contributed by atoms with Crippen molar-refractivity contribution in [3.8, 4) is 5.75 Å². The Morgan fingerprint density at radius 3 is 2.58 bits per heavy atom. The molecule has 1 aromatic carbocycles. The summed E-state index contributed by atoms with van der Waals surface area (Å²) in [5.74, 6) is -0.367. The maximum Gasteiger partial charge on any atom is 0.295 e. The number of aryl methyl sites for hydroxylation is 1. The molecule has 0 spiro atoms. The molecule has 1 amide bonds. The van der Waals surface area contributed by atoms with Crippen LogP contribution in [-0.2, 0) is 16.1 Å². The van der Waals surface area contributed by atoms with E-state index in [1.165, 1.54) is 16.2 Å². The standard InChI is InChI=1S/C26H26N2O4S/c1-16(2)15-32-20-7-6-19(13-17(20)3)24(29)22-23(21-5-4-12-33-21)28(26(31)25(22)30)14-18-8-10-27-11-9-18/h4-13,16,23,29H,14-15H2,1-3H3/b24-22-. The molecule has 1 aliphatic heterocycles. The number of rotatable bonds is 7. The van der Waals surface area contributed by atoms with E-state index < -0.39 is 17.7 Å². The molecule has 1 saturated heterocycles. The molecule has 1 N–H and O–H groups in total. The molecule has 170 valence electrons. The lowest BCUT2D eigenvalue weighted by molar-refractivity contribution is -0.140. The summed E-state index contributed by atoms with van der Waals surface area (Å²) in [6.07, 6.45) is 3.30. The predicted molar refractivity (Wildman–Crippen MR) is 128 cm³/mol. The number of aliphatic hydroxyl groups is 1. The Kier molecular flexibility index (Phi) is 6.60. The lowest BCUT2D eigenvalue weighted by atomic mass is 9.98. The van der Waals surface area contributed by atoms with E-state index in [2.05, 4.69) is 18.8 Å². The van der Waals surface area contributed by atoms with Crippen LogP contribution in [0, 0.1) is 12.8 Å². The zero-order chi connectivity index (χ0) is 23.5. The minimum absolute atomic E-state index is 0.103. The van der Waals surface area contributed by atoms with Gasteiger partial charge in [0.1, 0.15) is 11.5 Å². The number of thiophene rings is 1. The summed E-state index contributed by atoms with van der Waals surface area (Å²) >= 11 is 1.45. The van der Waals surface area contributed by atoms with E-state index in [0.717, 1.165) is 21.8 Å². The molecular formula is C26H26N2O4S. The first-order valence-electron chi connectivity index (χ1n) is 10.8. The molecule has 1 aliphatic rings. The summed E-state index contributed by atoms with van der Waals surface area (Å²) in [7, 11) is 0. The normalized spacial score (nSPS) is 17.7. The van der Waals surface area contributed by atoms with Crippen LogP contribution in [0.15, 0.2) is 65.8 Å². The van der Waals surface area contributed by atoms with Gasteiger partial charge in [0.2, 0.25) is 0 Å². The molecule has 33 heavy (non-hydrogen) atoms. The Hall–Kier alpha value is -3.45. The van der Waals surface area contributed by atoms with Crippen LogP contribution in [-0.4, -0.2) is 33.3 Å². The van der Waals surface area contributed by atoms with Gasteiger partial charge in [-0.2, -0.15) is 0 Å². The molecule has 0 radical (unpaired) electrons. The van der Waals surface area contributed by atoms with Crippen LogP contribution in [0.5, 0.6) is 5.75 Å². The van der Waals surface area contributed by atoms with Crippen LogP contribution in [0.25, 0.3) is 5.76 Å². The van der Waals surface area contributed by atoms with E-state index >= 15 is 0 Å². The van der Waals surface area contributed by atoms with E-state index in [1.54, 1.807) is 30.6 Å². The number of aliphatic hydroxyl groups excluding tert-OH is 1. The molecular weight excluding hydrogens is 436 g/mol. The molecule has 4 rings (SSSR count). The van der Waals surface area contributed by atoms with Gasteiger partial charge in [0, 0.05) is 29.4 Å². The number of carbonyl (C=O) groups excluding carboxylic acids is 2. The molecule has 3 aromatic rings. The molecule has 7 heteroatoms. The molecule has 1 unspecified atom stereocenters. The van der Waals surface area contributed by atoms with Crippen LogP contribution in [0.4, 0.5) is 0 Å². The second kappa shape index (κ2) is 9.58. The fraction of sp³-hybridized carbons (Fsp3) is 0.269. The Labute approximate surface area is 197 Å². The van der Waals surface area contributed by atoms with Gasteiger partial charge < -0.3 is 14.7 Å². The first-order valence-corrected chi connectivity index (χ1v) is 11.7. The predicted octanol–water partition coefficient (Wildman–Crippen LogP) is 5.11. The Bertz CT molecular complexity index is 1190. The smallest absolute Gasteiger partial charge is 0.295 e. The van der Waals surface area contributed by atoms with Crippen LogP contribution in [0.1, 0.15) is 41.5 Å². The molecule has 0 aliphatic carbocycles. The van der Waals surface area contributed by atoms with Crippen molar-refractivity contribution in [2.75, 3.05) is 6.61 Å². The number of benzene rings is 1. The lowest BCUT2D eigenvalue weighted by Crippen LogP contribution is -2.28. The molecule has 3 heterocycles. The number of hydrogen-bond donors (Lipinski definition) is 1. The van der Waals surface area contributed by atoms with Gasteiger partial charge in [-0.1, -0.05) is 19.9 Å². The van der Waals surface area contributed by atoms with E-state index in [0.29, 0.717) is 18.1 Å². The van der Waals surface area contributed by atoms with Crippen LogP contribution >= 0.6 is 11.3 Å². The van der Waals surface area contributed by atoms with Gasteiger partial charge in [-0.25, -0.2) is 0 Å². The van der Waals surface area contributed by atoms with Crippen LogP contribution in [0.3, 0.4) is 0 Å². The van der Waals surface area contributed by atoms with Crippen LogP contribution in [0.2, 0.25) is 0 Å². The van der Waals surface area contributed by atoms with Gasteiger partial charge in [-0.3, -0.25) is 14.6 Å². The third-order valence-corrected chi connectivity index (χ3v) is 6.40. The highest BCUT2D eigenvalue weighted by Crippen LogP contribution is 2.42. The SMILES string of the molecule is Cc1cc(/C(O)=C2/C(=O)C(=O)N(Cc3ccncc3)C2c2cccs2)ccc1OCC(C)C. The first-order chi connectivity index (χ1) is 15.9. The quantitative estimate of drug-likeness (QED) is 0.300. The third kappa shape index (κ3) is 4.68. The average Bonchev–Trinajstić information content (AvgIpc) is 3.41. The first kappa shape index (κ1) is 22.7. The molecule has 0 bridgehead atoms. The van der Waals surface area contributed by atoms with Gasteiger partial charge in [0.15, 0.2) is 0 Å². The average molecular weight is 463 g/mol. The number of pyridine rings is 1. The number of Topliss-reactive ketones (excluding diaryl/α,β-unsaturated/α-hetero) is 1. The highest BCUT2D eigenvalue weighted by molar-refractivity contribution is 7.10. The molecule has 0 saturated carbocycles. The minimum Gasteiger partial charge on any atom is -0.507 e. The summed E-state index contributed by atoms with van der Waals surface area (Å²) in [5, 5.41) is 13.1. The monoisotopic (exact) mass is 462 g/mol. The van der Waals surface area contributed by atoms with Crippen molar-refractivity contribution >= 4 is 28.8 Å². The van der Waals surface area contributed by atoms with Gasteiger partial charge >= 0.3 is 0 Å². The fourth-order valence-corrected chi connectivity index (χ4v) is 4.69. The van der Waals surface area contributed by atoms with Crippen molar-refractivity contribution in [1.29, 1.82) is 0 Å². The molecule has 2 aromatic heterocycles. The summed E-state index contributed by atoms with van der Waals surface area (Å²) in [5.41, 5.74) is 2.29. The van der Waals surface area contributed by atoms with E-state index in [9.17, 15) is 14.7 Å². The third-order valence-electron chi connectivity index (χ3n) is 5.48. The summed E-state index contributed by atoms with van der Waals surface area (Å²) in [6, 6.07) is 12.0. The van der Waals surface area contributed by atoms with Gasteiger partial charge in [-0.05, 0) is 65.7 Å². The summed E-state index contributed by atoms with van der Waals surface area (Å²) in [6.45, 7) is 6.87. The topological polar surface area (TPSA) is 79.7 Å². The minimum atomic E-state index is -0.683. The number of likely N-dealkylation sites (tertiary alicyclic amines) is 1. The van der Waals surface area contributed by atoms with Gasteiger partial charge in [0.05, 0.1) is 18.2 Å². The number of nitrogens with zero attached hydrogens (tertiary/aromatic N) is 2. The van der Waals surface area contributed by atoms with E-state index in [1.807, 2.05) is 36.6 Å². The zero-order valence-electron chi connectivity index (χ0n) is 18.8. The van der Waals surface area contributed by atoms with Gasteiger partial charge in [-0.15, -0.1) is 11.3 Å². The van der Waals surface area contributed by atoms with Crippen molar-refractivity contribution in [3.05, 3.63) is 87.4 Å². The summed E-state index contributed by atoms with van der Waals surface area (Å²) < 4.78 is 5.83. The highest BCUT2D eigenvalue weighted by Gasteiger charge is 2.46. The summed E-state index contributed by atoms with van der Waals surface area (Å²) in [4.78, 5) is 32.5. The second-order valence-corrected chi connectivity index (χ2v) is 9.46. The maximum atomic E-state index is 13.1. The highest BCUT2D eigenvalue weighted by atomic mass is 32.1. The zero-order valence-corrected chi connectivity index (χ0v) is 19.6. The number of ether oxygens (including phenoxy) is 1. The van der Waals surface area contributed by atoms with E-state index in [-0.39, 0.29) is 17.9 Å². The number of amides is 1. The number of ketones is 1. The lowest BCUT2D eigenvalue weighted by Gasteiger charge is -2.24. The number of hydrogen-bond acceptors (Lipinski definition) is 6.